The van der Waals surface area contributed by atoms with Gasteiger partial charge in [-0.1, -0.05) is 41.9 Å². The summed E-state index contributed by atoms with van der Waals surface area (Å²) in [5.41, 5.74) is 2.02. The first-order valence-corrected chi connectivity index (χ1v) is 7.63. The van der Waals surface area contributed by atoms with E-state index < -0.39 is 0 Å². The highest BCUT2D eigenvalue weighted by Crippen LogP contribution is 2.22. The Morgan fingerprint density at radius 3 is 2.64 bits per heavy atom. The highest BCUT2D eigenvalue weighted by molar-refractivity contribution is 6.34. The molecule has 0 aliphatic rings. The Labute approximate surface area is 135 Å². The molecule has 5 nitrogen and oxygen atoms in total. The van der Waals surface area contributed by atoms with Gasteiger partial charge < -0.3 is 10.0 Å². The van der Waals surface area contributed by atoms with E-state index in [1.807, 2.05) is 37.3 Å². The standard InChI is InChI=1S/C16H20ClN3O2/c1-3-20-15(14(17)12(2)18-20)16(22)19(9-10-21)11-13-7-5-4-6-8-13/h4-8,21H,3,9-11H2,1-2H3. The lowest BCUT2D eigenvalue weighted by atomic mass is 10.2. The summed E-state index contributed by atoms with van der Waals surface area (Å²) in [6.07, 6.45) is 0. The number of hydrogen-bond donors (Lipinski definition) is 1. The third-order valence-electron chi connectivity index (χ3n) is 3.43. The van der Waals surface area contributed by atoms with Crippen LogP contribution in [-0.4, -0.2) is 38.8 Å². The summed E-state index contributed by atoms with van der Waals surface area (Å²) < 4.78 is 1.61. The smallest absolute Gasteiger partial charge is 0.274 e. The number of hydrogen-bond acceptors (Lipinski definition) is 3. The number of aliphatic hydroxyl groups is 1. The molecule has 0 unspecified atom stereocenters. The van der Waals surface area contributed by atoms with Crippen LogP contribution in [0, 0.1) is 6.92 Å². The van der Waals surface area contributed by atoms with E-state index in [0.29, 0.717) is 29.5 Å². The van der Waals surface area contributed by atoms with E-state index in [1.165, 1.54) is 0 Å². The molecule has 0 atom stereocenters. The van der Waals surface area contributed by atoms with Crippen molar-refractivity contribution in [3.63, 3.8) is 0 Å². The molecule has 22 heavy (non-hydrogen) atoms. The Hall–Kier alpha value is -1.85. The van der Waals surface area contributed by atoms with Crippen molar-refractivity contribution in [2.75, 3.05) is 13.2 Å². The molecule has 118 valence electrons. The van der Waals surface area contributed by atoms with Gasteiger partial charge in [-0.3, -0.25) is 9.48 Å². The van der Waals surface area contributed by atoms with Crippen molar-refractivity contribution in [1.82, 2.24) is 14.7 Å². The minimum Gasteiger partial charge on any atom is -0.395 e. The fourth-order valence-corrected chi connectivity index (χ4v) is 2.54. The molecule has 0 radical (unpaired) electrons. The number of aliphatic hydroxyl groups excluding tert-OH is 1. The lowest BCUT2D eigenvalue weighted by Crippen LogP contribution is -2.34. The van der Waals surface area contributed by atoms with Crippen LogP contribution in [0.3, 0.4) is 0 Å². The molecular weight excluding hydrogens is 302 g/mol. The highest BCUT2D eigenvalue weighted by atomic mass is 35.5. The van der Waals surface area contributed by atoms with Crippen molar-refractivity contribution in [1.29, 1.82) is 0 Å². The number of carbonyl (C=O) groups excluding carboxylic acids is 1. The van der Waals surface area contributed by atoms with E-state index >= 15 is 0 Å². The minimum atomic E-state index is -0.217. The molecular formula is C16H20ClN3O2. The molecule has 0 saturated heterocycles. The minimum absolute atomic E-state index is 0.102. The fourth-order valence-electron chi connectivity index (χ4n) is 2.32. The van der Waals surface area contributed by atoms with Crippen LogP contribution < -0.4 is 0 Å². The van der Waals surface area contributed by atoms with Gasteiger partial charge in [0, 0.05) is 19.6 Å². The average molecular weight is 322 g/mol. The van der Waals surface area contributed by atoms with Crippen LogP contribution in [0.5, 0.6) is 0 Å². The SMILES string of the molecule is CCn1nc(C)c(Cl)c1C(=O)N(CCO)Cc1ccccc1. The summed E-state index contributed by atoms with van der Waals surface area (Å²) in [7, 11) is 0. The van der Waals surface area contributed by atoms with E-state index in [2.05, 4.69) is 5.10 Å². The van der Waals surface area contributed by atoms with Crippen molar-refractivity contribution in [2.24, 2.45) is 0 Å². The zero-order valence-corrected chi connectivity index (χ0v) is 13.5. The van der Waals surface area contributed by atoms with Gasteiger partial charge in [0.15, 0.2) is 0 Å². The van der Waals surface area contributed by atoms with E-state index in [9.17, 15) is 9.90 Å². The molecule has 1 heterocycles. The summed E-state index contributed by atoms with van der Waals surface area (Å²) >= 11 is 6.24. The normalized spacial score (nSPS) is 10.7. The summed E-state index contributed by atoms with van der Waals surface area (Å²) in [6, 6.07) is 9.66. The molecule has 0 bridgehead atoms. The molecule has 0 fully saturated rings. The molecule has 6 heteroatoms. The molecule has 1 amide bonds. The van der Waals surface area contributed by atoms with Crippen molar-refractivity contribution >= 4 is 17.5 Å². The first-order valence-electron chi connectivity index (χ1n) is 7.25. The lowest BCUT2D eigenvalue weighted by molar-refractivity contribution is 0.0695. The second-order valence-electron chi connectivity index (χ2n) is 5.00. The molecule has 1 aromatic carbocycles. The number of amides is 1. The van der Waals surface area contributed by atoms with Crippen molar-refractivity contribution < 1.29 is 9.90 Å². The second-order valence-corrected chi connectivity index (χ2v) is 5.38. The molecule has 2 aromatic rings. The zero-order chi connectivity index (χ0) is 16.1. The van der Waals surface area contributed by atoms with Crippen LogP contribution in [-0.2, 0) is 13.1 Å². The van der Waals surface area contributed by atoms with Gasteiger partial charge in [-0.05, 0) is 19.4 Å². The summed E-state index contributed by atoms with van der Waals surface area (Å²) in [4.78, 5) is 14.4. The molecule has 0 aliphatic carbocycles. The van der Waals surface area contributed by atoms with Crippen molar-refractivity contribution in [2.45, 2.75) is 26.9 Å². The zero-order valence-electron chi connectivity index (χ0n) is 12.8. The average Bonchev–Trinajstić information content (AvgIpc) is 2.82. The third kappa shape index (κ3) is 3.48. The van der Waals surface area contributed by atoms with Crippen LogP contribution in [0.2, 0.25) is 5.02 Å². The molecule has 0 saturated carbocycles. The van der Waals surface area contributed by atoms with Gasteiger partial charge >= 0.3 is 0 Å². The van der Waals surface area contributed by atoms with Gasteiger partial charge in [-0.15, -0.1) is 0 Å². The maximum absolute atomic E-state index is 12.8. The van der Waals surface area contributed by atoms with Crippen LogP contribution in [0.15, 0.2) is 30.3 Å². The molecule has 2 rings (SSSR count). The monoisotopic (exact) mass is 321 g/mol. The Kier molecular flexibility index (Phi) is 5.57. The van der Waals surface area contributed by atoms with Gasteiger partial charge in [0.2, 0.25) is 0 Å². The molecule has 0 spiro atoms. The van der Waals surface area contributed by atoms with E-state index in [1.54, 1.807) is 16.5 Å². The highest BCUT2D eigenvalue weighted by Gasteiger charge is 2.24. The molecule has 1 aromatic heterocycles. The van der Waals surface area contributed by atoms with Gasteiger partial charge in [0.05, 0.1) is 17.3 Å². The Morgan fingerprint density at radius 2 is 2.05 bits per heavy atom. The number of nitrogens with zero attached hydrogens (tertiary/aromatic N) is 3. The lowest BCUT2D eigenvalue weighted by Gasteiger charge is -2.22. The maximum Gasteiger partial charge on any atom is 0.274 e. The summed E-state index contributed by atoms with van der Waals surface area (Å²) in [5.74, 6) is -0.217. The predicted molar refractivity (Wildman–Crippen MR) is 85.9 cm³/mol. The quantitative estimate of drug-likeness (QED) is 0.889. The third-order valence-corrected chi connectivity index (χ3v) is 3.88. The van der Waals surface area contributed by atoms with E-state index in [-0.39, 0.29) is 19.1 Å². The summed E-state index contributed by atoms with van der Waals surface area (Å²) in [6.45, 7) is 4.82. The maximum atomic E-state index is 12.8. The Morgan fingerprint density at radius 1 is 1.36 bits per heavy atom. The predicted octanol–water partition coefficient (Wildman–Crippen LogP) is 2.50. The second kappa shape index (κ2) is 7.42. The van der Waals surface area contributed by atoms with Crippen LogP contribution in [0.4, 0.5) is 0 Å². The van der Waals surface area contributed by atoms with Crippen molar-refractivity contribution in [3.05, 3.63) is 52.3 Å². The van der Waals surface area contributed by atoms with Gasteiger partial charge in [-0.25, -0.2) is 0 Å². The van der Waals surface area contributed by atoms with E-state index in [0.717, 1.165) is 5.56 Å². The number of rotatable bonds is 6. The molecule has 1 N–H and O–H groups in total. The van der Waals surface area contributed by atoms with Crippen LogP contribution in [0.1, 0.15) is 28.7 Å². The van der Waals surface area contributed by atoms with Gasteiger partial charge in [0.1, 0.15) is 5.69 Å². The number of halogens is 1. The van der Waals surface area contributed by atoms with E-state index in [4.69, 9.17) is 11.6 Å². The van der Waals surface area contributed by atoms with Gasteiger partial charge in [-0.2, -0.15) is 5.10 Å². The number of aromatic nitrogens is 2. The Bertz CT molecular complexity index is 640. The topological polar surface area (TPSA) is 58.4 Å². The number of benzene rings is 1. The van der Waals surface area contributed by atoms with Crippen LogP contribution >= 0.6 is 11.6 Å². The van der Waals surface area contributed by atoms with Crippen LogP contribution in [0.25, 0.3) is 0 Å². The van der Waals surface area contributed by atoms with Gasteiger partial charge in [0.25, 0.3) is 5.91 Å². The largest absolute Gasteiger partial charge is 0.395 e. The number of carbonyl (C=O) groups is 1. The summed E-state index contributed by atoms with van der Waals surface area (Å²) in [5, 5.41) is 13.9. The number of aryl methyl sites for hydroxylation is 2. The van der Waals surface area contributed by atoms with Crippen molar-refractivity contribution in [3.8, 4) is 0 Å². The first kappa shape index (κ1) is 16.5. The first-order chi connectivity index (χ1) is 10.6. The molecule has 0 aliphatic heterocycles. The fraction of sp³-hybridized carbons (Fsp3) is 0.375. The Balaban J connectivity index is 2.30.